The largest absolute Gasteiger partial charge is 0.300 e. The summed E-state index contributed by atoms with van der Waals surface area (Å²) in [5.74, 6) is 0.618. The third-order valence-electron chi connectivity index (χ3n) is 3.42. The summed E-state index contributed by atoms with van der Waals surface area (Å²) in [6.07, 6.45) is 1.80. The van der Waals surface area contributed by atoms with E-state index in [2.05, 4.69) is 0 Å². The molecule has 2 nitrogen and oxygen atoms in total. The van der Waals surface area contributed by atoms with Crippen LogP contribution in [0.4, 0.5) is 0 Å². The SMILES string of the molecule is CC(=O)[C@H]1CCC(=O)C[C@H]1c1ccccc1. The summed E-state index contributed by atoms with van der Waals surface area (Å²) in [6.45, 7) is 1.64. The Balaban J connectivity index is 2.27. The normalized spacial score (nSPS) is 25.4. The lowest BCUT2D eigenvalue weighted by Gasteiger charge is -2.29. The predicted octanol–water partition coefficient (Wildman–Crippen LogP) is 2.73. The molecule has 0 saturated heterocycles. The van der Waals surface area contributed by atoms with E-state index in [0.29, 0.717) is 19.3 Å². The van der Waals surface area contributed by atoms with Gasteiger partial charge in [-0.1, -0.05) is 30.3 Å². The Morgan fingerprint density at radius 3 is 2.56 bits per heavy atom. The molecule has 16 heavy (non-hydrogen) atoms. The van der Waals surface area contributed by atoms with Crippen LogP contribution in [0.15, 0.2) is 30.3 Å². The molecule has 84 valence electrons. The number of carbonyl (C=O) groups is 2. The summed E-state index contributed by atoms with van der Waals surface area (Å²) in [7, 11) is 0. The molecule has 0 amide bonds. The van der Waals surface area contributed by atoms with Gasteiger partial charge >= 0.3 is 0 Å². The van der Waals surface area contributed by atoms with Crippen molar-refractivity contribution in [1.29, 1.82) is 0 Å². The summed E-state index contributed by atoms with van der Waals surface area (Å²) >= 11 is 0. The Labute approximate surface area is 95.7 Å². The van der Waals surface area contributed by atoms with Crippen molar-refractivity contribution < 1.29 is 9.59 Å². The molecule has 0 aliphatic heterocycles. The van der Waals surface area contributed by atoms with Gasteiger partial charge in [-0.05, 0) is 18.9 Å². The van der Waals surface area contributed by atoms with Crippen LogP contribution in [0.2, 0.25) is 0 Å². The van der Waals surface area contributed by atoms with E-state index in [4.69, 9.17) is 0 Å². The van der Waals surface area contributed by atoms with Crippen molar-refractivity contribution in [1.82, 2.24) is 0 Å². The van der Waals surface area contributed by atoms with Gasteiger partial charge in [0, 0.05) is 24.7 Å². The van der Waals surface area contributed by atoms with Crippen molar-refractivity contribution in [2.45, 2.75) is 32.1 Å². The number of carbonyl (C=O) groups excluding carboxylic acids is 2. The molecule has 1 aliphatic rings. The van der Waals surface area contributed by atoms with Crippen molar-refractivity contribution in [3.8, 4) is 0 Å². The van der Waals surface area contributed by atoms with Crippen LogP contribution in [0.25, 0.3) is 0 Å². The standard InChI is InChI=1S/C14H16O2/c1-10(15)13-8-7-12(16)9-14(13)11-5-3-2-4-6-11/h2-6,13-14H,7-9H2,1H3/t13-,14+/m1/s1. The maximum atomic E-state index is 11.6. The van der Waals surface area contributed by atoms with Gasteiger partial charge in [-0.2, -0.15) is 0 Å². The van der Waals surface area contributed by atoms with Crippen molar-refractivity contribution in [2.24, 2.45) is 5.92 Å². The average molecular weight is 216 g/mol. The third-order valence-corrected chi connectivity index (χ3v) is 3.42. The summed E-state index contributed by atoms with van der Waals surface area (Å²) in [4.78, 5) is 23.1. The van der Waals surface area contributed by atoms with Gasteiger partial charge in [0.05, 0.1) is 0 Å². The lowest BCUT2D eigenvalue weighted by molar-refractivity contribution is -0.126. The van der Waals surface area contributed by atoms with E-state index in [1.54, 1.807) is 6.92 Å². The maximum absolute atomic E-state index is 11.6. The average Bonchev–Trinajstić information content (AvgIpc) is 2.29. The highest BCUT2D eigenvalue weighted by molar-refractivity contribution is 5.86. The second-order valence-electron chi connectivity index (χ2n) is 4.52. The molecule has 0 bridgehead atoms. The highest BCUT2D eigenvalue weighted by atomic mass is 16.1. The van der Waals surface area contributed by atoms with E-state index >= 15 is 0 Å². The number of hydrogen-bond acceptors (Lipinski definition) is 2. The highest BCUT2D eigenvalue weighted by Gasteiger charge is 2.32. The van der Waals surface area contributed by atoms with Crippen LogP contribution in [0.5, 0.6) is 0 Å². The van der Waals surface area contributed by atoms with Gasteiger partial charge in [0.25, 0.3) is 0 Å². The zero-order valence-corrected chi connectivity index (χ0v) is 9.48. The fraction of sp³-hybridized carbons (Fsp3) is 0.429. The monoisotopic (exact) mass is 216 g/mol. The molecular formula is C14H16O2. The van der Waals surface area contributed by atoms with Crippen molar-refractivity contribution >= 4 is 11.6 Å². The summed E-state index contributed by atoms with van der Waals surface area (Å²) < 4.78 is 0. The van der Waals surface area contributed by atoms with Gasteiger partial charge in [0.2, 0.25) is 0 Å². The molecule has 0 unspecified atom stereocenters. The molecule has 1 aliphatic carbocycles. The molecule has 1 fully saturated rings. The topological polar surface area (TPSA) is 34.1 Å². The molecular weight excluding hydrogens is 200 g/mol. The minimum Gasteiger partial charge on any atom is -0.300 e. The Morgan fingerprint density at radius 2 is 1.94 bits per heavy atom. The van der Waals surface area contributed by atoms with E-state index in [0.717, 1.165) is 5.56 Å². The Bertz CT molecular complexity index is 394. The van der Waals surface area contributed by atoms with E-state index in [-0.39, 0.29) is 23.4 Å². The van der Waals surface area contributed by atoms with Gasteiger partial charge in [0.1, 0.15) is 11.6 Å². The van der Waals surface area contributed by atoms with Crippen molar-refractivity contribution in [2.75, 3.05) is 0 Å². The molecule has 0 aromatic heterocycles. The number of benzene rings is 1. The minimum absolute atomic E-state index is 0.0279. The van der Waals surface area contributed by atoms with Crippen LogP contribution in [-0.2, 0) is 9.59 Å². The van der Waals surface area contributed by atoms with Crippen LogP contribution in [0, 0.1) is 5.92 Å². The summed E-state index contributed by atoms with van der Waals surface area (Å²) in [6, 6.07) is 9.91. The number of ketones is 2. The molecule has 0 heterocycles. The van der Waals surface area contributed by atoms with Crippen molar-refractivity contribution in [3.05, 3.63) is 35.9 Å². The first-order valence-electron chi connectivity index (χ1n) is 5.75. The van der Waals surface area contributed by atoms with Crippen LogP contribution >= 0.6 is 0 Å². The second kappa shape index (κ2) is 4.60. The molecule has 0 spiro atoms. The van der Waals surface area contributed by atoms with Gasteiger partial charge < -0.3 is 0 Å². The van der Waals surface area contributed by atoms with Gasteiger partial charge in [0.15, 0.2) is 0 Å². The van der Waals surface area contributed by atoms with Crippen LogP contribution in [0.1, 0.15) is 37.7 Å². The van der Waals surface area contributed by atoms with E-state index in [1.165, 1.54) is 0 Å². The van der Waals surface area contributed by atoms with Crippen LogP contribution in [0.3, 0.4) is 0 Å². The molecule has 1 aromatic carbocycles. The van der Waals surface area contributed by atoms with E-state index in [9.17, 15) is 9.59 Å². The Hall–Kier alpha value is -1.44. The van der Waals surface area contributed by atoms with Gasteiger partial charge in [-0.3, -0.25) is 9.59 Å². The zero-order chi connectivity index (χ0) is 11.5. The Kier molecular flexibility index (Phi) is 3.18. The lowest BCUT2D eigenvalue weighted by Crippen LogP contribution is -2.28. The number of hydrogen-bond donors (Lipinski definition) is 0. The van der Waals surface area contributed by atoms with Crippen molar-refractivity contribution in [3.63, 3.8) is 0 Å². The number of rotatable bonds is 2. The first-order chi connectivity index (χ1) is 7.68. The quantitative estimate of drug-likeness (QED) is 0.761. The smallest absolute Gasteiger partial charge is 0.133 e. The fourth-order valence-electron chi connectivity index (χ4n) is 2.54. The molecule has 2 rings (SSSR count). The summed E-state index contributed by atoms with van der Waals surface area (Å²) in [5.41, 5.74) is 1.12. The fourth-order valence-corrected chi connectivity index (χ4v) is 2.54. The maximum Gasteiger partial charge on any atom is 0.133 e. The zero-order valence-electron chi connectivity index (χ0n) is 9.48. The first kappa shape index (κ1) is 11.1. The molecule has 2 heteroatoms. The molecule has 1 aromatic rings. The first-order valence-corrected chi connectivity index (χ1v) is 5.75. The lowest BCUT2D eigenvalue weighted by atomic mass is 9.73. The van der Waals surface area contributed by atoms with E-state index < -0.39 is 0 Å². The molecule has 2 atom stereocenters. The molecule has 0 radical (unpaired) electrons. The van der Waals surface area contributed by atoms with Gasteiger partial charge in [-0.15, -0.1) is 0 Å². The van der Waals surface area contributed by atoms with Crippen LogP contribution in [-0.4, -0.2) is 11.6 Å². The predicted molar refractivity (Wildman–Crippen MR) is 62.2 cm³/mol. The summed E-state index contributed by atoms with van der Waals surface area (Å²) in [5, 5.41) is 0. The number of Topliss-reactive ketones (excluding diaryl/α,β-unsaturated/α-hetero) is 2. The van der Waals surface area contributed by atoms with Crippen LogP contribution < -0.4 is 0 Å². The molecule has 0 N–H and O–H groups in total. The second-order valence-corrected chi connectivity index (χ2v) is 4.52. The Morgan fingerprint density at radius 1 is 1.25 bits per heavy atom. The highest BCUT2D eigenvalue weighted by Crippen LogP contribution is 2.36. The minimum atomic E-state index is 0.0279. The van der Waals surface area contributed by atoms with E-state index in [1.807, 2.05) is 30.3 Å². The molecule has 1 saturated carbocycles. The third kappa shape index (κ3) is 2.21. The van der Waals surface area contributed by atoms with Gasteiger partial charge in [-0.25, -0.2) is 0 Å².